The van der Waals surface area contributed by atoms with Gasteiger partial charge in [-0.15, -0.1) is 0 Å². The van der Waals surface area contributed by atoms with E-state index in [0.29, 0.717) is 25.0 Å². The van der Waals surface area contributed by atoms with Crippen LogP contribution in [-0.4, -0.2) is 30.5 Å². The molecule has 0 spiro atoms. The highest BCUT2D eigenvalue weighted by molar-refractivity contribution is 5.93. The van der Waals surface area contributed by atoms with Gasteiger partial charge in [-0.3, -0.25) is 4.98 Å². The Labute approximate surface area is 190 Å². The van der Waals surface area contributed by atoms with Gasteiger partial charge in [0.1, 0.15) is 0 Å². The molecule has 2 heterocycles. The van der Waals surface area contributed by atoms with E-state index < -0.39 is 6.23 Å². The van der Waals surface area contributed by atoms with Gasteiger partial charge in [0.15, 0.2) is 6.23 Å². The molecule has 1 aliphatic rings. The number of hydrogen-bond donors (Lipinski definition) is 0. The van der Waals surface area contributed by atoms with Crippen molar-refractivity contribution in [3.8, 4) is 0 Å². The molecule has 1 unspecified atom stereocenters. The summed E-state index contributed by atoms with van der Waals surface area (Å²) in [5, 5.41) is 1.20. The molecule has 32 heavy (non-hydrogen) atoms. The first-order valence-corrected chi connectivity index (χ1v) is 11.1. The van der Waals surface area contributed by atoms with Crippen molar-refractivity contribution >= 4 is 28.8 Å². The Morgan fingerprint density at radius 3 is 2.38 bits per heavy atom. The van der Waals surface area contributed by atoms with E-state index in [-0.39, 0.29) is 6.09 Å². The molecule has 0 fully saturated rings. The van der Waals surface area contributed by atoms with Crippen molar-refractivity contribution in [2.24, 2.45) is 11.8 Å². The Kier molecular flexibility index (Phi) is 8.40. The Morgan fingerprint density at radius 1 is 0.938 bits per heavy atom. The molecule has 3 aromatic rings. The number of amides is 1. The number of carbonyl (C=O) groups is 1. The first-order chi connectivity index (χ1) is 15.5. The van der Waals surface area contributed by atoms with Gasteiger partial charge in [0.05, 0.1) is 24.4 Å². The number of para-hydroxylation sites is 2. The molecule has 168 valence electrons. The van der Waals surface area contributed by atoms with Gasteiger partial charge >= 0.3 is 6.09 Å². The zero-order valence-electron chi connectivity index (χ0n) is 19.3. The SMILES string of the molecule is CC(C)COC(=O)N1c2ccccc2C=CC1OCC(C)C.c1ccc2ncccc2c1. The van der Waals surface area contributed by atoms with E-state index in [1.54, 1.807) is 4.90 Å². The van der Waals surface area contributed by atoms with Crippen molar-refractivity contribution in [3.63, 3.8) is 0 Å². The maximum Gasteiger partial charge on any atom is 0.416 e. The molecule has 0 radical (unpaired) electrons. The number of hydrogen-bond acceptors (Lipinski definition) is 4. The van der Waals surface area contributed by atoms with Crippen LogP contribution in [0, 0.1) is 11.8 Å². The van der Waals surface area contributed by atoms with Crippen LogP contribution < -0.4 is 4.90 Å². The number of ether oxygens (including phenoxy) is 2. The zero-order valence-corrected chi connectivity index (χ0v) is 19.3. The molecular formula is C27H32N2O3. The summed E-state index contributed by atoms with van der Waals surface area (Å²) < 4.78 is 11.3. The zero-order chi connectivity index (χ0) is 22.9. The van der Waals surface area contributed by atoms with Gasteiger partial charge in [0.25, 0.3) is 0 Å². The minimum Gasteiger partial charge on any atom is -0.449 e. The van der Waals surface area contributed by atoms with Crippen LogP contribution >= 0.6 is 0 Å². The third-order valence-electron chi connectivity index (χ3n) is 4.74. The van der Waals surface area contributed by atoms with E-state index in [0.717, 1.165) is 16.8 Å². The van der Waals surface area contributed by atoms with Crippen molar-refractivity contribution in [2.45, 2.75) is 33.9 Å². The Balaban J connectivity index is 0.000000238. The molecule has 1 aliphatic heterocycles. The largest absolute Gasteiger partial charge is 0.449 e. The van der Waals surface area contributed by atoms with Crippen molar-refractivity contribution in [3.05, 3.63) is 78.5 Å². The molecule has 1 aromatic heterocycles. The number of fused-ring (bicyclic) bond motifs is 2. The number of nitrogens with zero attached hydrogens (tertiary/aromatic N) is 2. The second-order valence-electron chi connectivity index (χ2n) is 8.57. The number of aromatic nitrogens is 1. The lowest BCUT2D eigenvalue weighted by molar-refractivity contribution is 0.0556. The van der Waals surface area contributed by atoms with Gasteiger partial charge in [0.2, 0.25) is 0 Å². The monoisotopic (exact) mass is 432 g/mol. The summed E-state index contributed by atoms with van der Waals surface area (Å²) in [5.74, 6) is 0.702. The van der Waals surface area contributed by atoms with Crippen molar-refractivity contribution in [1.82, 2.24) is 4.98 Å². The first-order valence-electron chi connectivity index (χ1n) is 11.1. The number of pyridine rings is 1. The van der Waals surface area contributed by atoms with Crippen molar-refractivity contribution < 1.29 is 14.3 Å². The molecule has 5 heteroatoms. The smallest absolute Gasteiger partial charge is 0.416 e. The highest BCUT2D eigenvalue weighted by Gasteiger charge is 2.30. The Hall–Kier alpha value is -3.18. The van der Waals surface area contributed by atoms with Crippen LogP contribution in [-0.2, 0) is 9.47 Å². The molecule has 5 nitrogen and oxygen atoms in total. The summed E-state index contributed by atoms with van der Waals surface area (Å²) in [6, 6.07) is 19.9. The lowest BCUT2D eigenvalue weighted by Crippen LogP contribution is -2.44. The van der Waals surface area contributed by atoms with Gasteiger partial charge < -0.3 is 9.47 Å². The fourth-order valence-corrected chi connectivity index (χ4v) is 3.20. The van der Waals surface area contributed by atoms with Gasteiger partial charge in [-0.2, -0.15) is 0 Å². The molecule has 0 bridgehead atoms. The van der Waals surface area contributed by atoms with E-state index in [2.05, 4.69) is 31.0 Å². The molecule has 1 amide bonds. The quantitative estimate of drug-likeness (QED) is 0.459. The maximum atomic E-state index is 12.5. The third-order valence-corrected chi connectivity index (χ3v) is 4.74. The van der Waals surface area contributed by atoms with Crippen LogP contribution in [0.2, 0.25) is 0 Å². The van der Waals surface area contributed by atoms with Crippen molar-refractivity contribution in [1.29, 1.82) is 0 Å². The second-order valence-corrected chi connectivity index (χ2v) is 8.57. The van der Waals surface area contributed by atoms with Gasteiger partial charge in [-0.1, -0.05) is 76.2 Å². The Bertz CT molecular complexity index is 980. The standard InChI is InChI=1S/C18H25NO3.C9H7N/c1-13(2)11-21-17-10-9-15-7-5-6-8-16(15)19(17)18(20)22-12-14(3)4;1-2-6-9-8(4-1)5-3-7-10-9/h5-10,13-14,17H,11-12H2,1-4H3;1-7H. The Morgan fingerprint density at radius 2 is 1.62 bits per heavy atom. The summed E-state index contributed by atoms with van der Waals surface area (Å²) in [4.78, 5) is 18.3. The minimum atomic E-state index is -0.419. The number of benzene rings is 2. The summed E-state index contributed by atoms with van der Waals surface area (Å²) in [5.41, 5.74) is 2.88. The lowest BCUT2D eigenvalue weighted by atomic mass is 10.1. The van der Waals surface area contributed by atoms with Crippen LogP contribution in [0.25, 0.3) is 17.0 Å². The van der Waals surface area contributed by atoms with E-state index >= 15 is 0 Å². The van der Waals surface area contributed by atoms with E-state index in [9.17, 15) is 4.79 Å². The summed E-state index contributed by atoms with van der Waals surface area (Å²) in [6.07, 6.45) is 4.92. The molecule has 0 saturated heterocycles. The summed E-state index contributed by atoms with van der Waals surface area (Å²) in [6.45, 7) is 9.20. The predicted octanol–water partition coefficient (Wildman–Crippen LogP) is 6.55. The molecule has 4 rings (SSSR count). The van der Waals surface area contributed by atoms with Crippen LogP contribution in [0.1, 0.15) is 33.3 Å². The van der Waals surface area contributed by atoms with Crippen LogP contribution in [0.4, 0.5) is 10.5 Å². The van der Waals surface area contributed by atoms with Gasteiger partial charge in [0, 0.05) is 11.6 Å². The highest BCUT2D eigenvalue weighted by Crippen LogP contribution is 2.30. The predicted molar refractivity (Wildman–Crippen MR) is 130 cm³/mol. The summed E-state index contributed by atoms with van der Waals surface area (Å²) >= 11 is 0. The molecule has 0 saturated carbocycles. The van der Waals surface area contributed by atoms with E-state index in [1.807, 2.05) is 80.7 Å². The summed E-state index contributed by atoms with van der Waals surface area (Å²) in [7, 11) is 0. The average Bonchev–Trinajstić information content (AvgIpc) is 2.81. The van der Waals surface area contributed by atoms with E-state index in [1.165, 1.54) is 5.39 Å². The molecule has 0 aliphatic carbocycles. The van der Waals surface area contributed by atoms with Gasteiger partial charge in [-0.25, -0.2) is 9.69 Å². The number of anilines is 1. The van der Waals surface area contributed by atoms with Crippen molar-refractivity contribution in [2.75, 3.05) is 18.1 Å². The minimum absolute atomic E-state index is 0.301. The lowest BCUT2D eigenvalue weighted by Gasteiger charge is -2.33. The fraction of sp³-hybridized carbons (Fsp3) is 0.333. The molecule has 2 aromatic carbocycles. The fourth-order valence-electron chi connectivity index (χ4n) is 3.20. The first kappa shape index (κ1) is 23.5. The third kappa shape index (κ3) is 6.41. The van der Waals surface area contributed by atoms with Crippen LogP contribution in [0.5, 0.6) is 0 Å². The van der Waals surface area contributed by atoms with Crippen LogP contribution in [0.3, 0.4) is 0 Å². The molecule has 0 N–H and O–H groups in total. The van der Waals surface area contributed by atoms with Crippen LogP contribution in [0.15, 0.2) is 72.9 Å². The maximum absolute atomic E-state index is 12.5. The number of carbonyl (C=O) groups excluding carboxylic acids is 1. The van der Waals surface area contributed by atoms with E-state index in [4.69, 9.17) is 9.47 Å². The molecular weight excluding hydrogens is 400 g/mol. The number of rotatable bonds is 5. The van der Waals surface area contributed by atoms with Gasteiger partial charge in [-0.05, 0) is 41.7 Å². The topological polar surface area (TPSA) is 51.7 Å². The second kappa shape index (κ2) is 11.4. The average molecular weight is 433 g/mol. The highest BCUT2D eigenvalue weighted by atomic mass is 16.6. The molecule has 1 atom stereocenters. The normalized spacial score (nSPS) is 14.8.